The van der Waals surface area contributed by atoms with E-state index in [1.807, 2.05) is 13.2 Å². The summed E-state index contributed by atoms with van der Waals surface area (Å²) < 4.78 is -0.693. The molecular weight excluding hydrogens is 336 g/mol. The first-order chi connectivity index (χ1) is 11.9. The zero-order chi connectivity index (χ0) is 18.0. The largest absolute Gasteiger partial charge is 0.395 e. The number of carbonyl (C=O) groups excluding carboxylic acids is 3. The minimum Gasteiger partial charge on any atom is -0.395 e. The van der Waals surface area contributed by atoms with Crippen molar-refractivity contribution in [1.82, 2.24) is 0 Å². The fourth-order valence-corrected chi connectivity index (χ4v) is 8.23. The van der Waals surface area contributed by atoms with Gasteiger partial charge in [-0.1, -0.05) is 12.5 Å². The molecule has 25 heavy (non-hydrogen) atoms. The van der Waals surface area contributed by atoms with Crippen LogP contribution < -0.4 is 0 Å². The summed E-state index contributed by atoms with van der Waals surface area (Å²) in [5.74, 6) is 0.787. The van der Waals surface area contributed by atoms with Gasteiger partial charge in [-0.2, -0.15) is 0 Å². The highest BCUT2D eigenvalue weighted by Gasteiger charge is 2.71. The number of Topliss-reactive ketones (excluding diaryl/α,β-unsaturated/α-hetero) is 2. The van der Waals surface area contributed by atoms with Crippen LogP contribution in [0, 0.1) is 22.7 Å². The van der Waals surface area contributed by atoms with E-state index in [0.29, 0.717) is 19.3 Å². The molecule has 0 aliphatic heterocycles. The summed E-state index contributed by atoms with van der Waals surface area (Å²) in [7, 11) is 0. The quantitative estimate of drug-likeness (QED) is 0.818. The van der Waals surface area contributed by atoms with Crippen LogP contribution in [0.4, 0.5) is 0 Å². The highest BCUT2D eigenvalue weighted by Crippen LogP contribution is 2.68. The molecule has 0 aromatic rings. The molecule has 0 bridgehead atoms. The second kappa shape index (κ2) is 5.53. The van der Waals surface area contributed by atoms with Gasteiger partial charge in [-0.05, 0) is 49.9 Å². The predicted molar refractivity (Wildman–Crippen MR) is 96.3 cm³/mol. The van der Waals surface area contributed by atoms with Gasteiger partial charge < -0.3 is 5.11 Å². The second-order valence-corrected chi connectivity index (χ2v) is 9.60. The topological polar surface area (TPSA) is 71.4 Å². The molecule has 3 saturated carbocycles. The number of hydrogen-bond acceptors (Lipinski definition) is 5. The molecule has 5 atom stereocenters. The fourth-order valence-electron chi connectivity index (χ4n) is 6.66. The Morgan fingerprint density at radius 2 is 1.84 bits per heavy atom. The molecule has 4 aliphatic rings. The molecule has 136 valence electrons. The molecule has 4 nitrogen and oxygen atoms in total. The normalized spacial score (nSPS) is 46.4. The van der Waals surface area contributed by atoms with Crippen LogP contribution in [0.3, 0.4) is 0 Å². The lowest BCUT2D eigenvalue weighted by Crippen LogP contribution is -2.68. The Hall–Kier alpha value is -0.940. The van der Waals surface area contributed by atoms with E-state index < -0.39 is 15.6 Å². The van der Waals surface area contributed by atoms with Crippen LogP contribution in [-0.2, 0) is 14.4 Å². The minimum absolute atomic E-state index is 0.0907. The molecule has 3 fully saturated rings. The molecule has 0 aromatic carbocycles. The summed E-state index contributed by atoms with van der Waals surface area (Å²) in [4.78, 5) is 38.1. The Morgan fingerprint density at radius 3 is 2.52 bits per heavy atom. The van der Waals surface area contributed by atoms with Crippen LogP contribution >= 0.6 is 11.8 Å². The van der Waals surface area contributed by atoms with Crippen LogP contribution in [0.15, 0.2) is 11.6 Å². The van der Waals surface area contributed by atoms with Gasteiger partial charge in [-0.15, -0.1) is 11.8 Å². The predicted octanol–water partition coefficient (Wildman–Crippen LogP) is 2.72. The monoisotopic (exact) mass is 362 g/mol. The van der Waals surface area contributed by atoms with E-state index in [-0.39, 0.29) is 42.2 Å². The SMILES string of the molecule is CSC12C(=O)CC3(C)C(=O)CCC3C1CCC1=CC(=O)CCC12CO. The standard InChI is InChI=1S/C20H26O4S/c1-18-10-17(24)20(25-2)15(14(18)5-6-16(18)23)4-3-12-9-13(22)7-8-19(12,20)11-21/h9,14-15,21H,3-8,10-11H2,1-2H3. The maximum atomic E-state index is 13.6. The van der Waals surface area contributed by atoms with Crippen LogP contribution in [0.1, 0.15) is 51.9 Å². The van der Waals surface area contributed by atoms with Gasteiger partial charge >= 0.3 is 0 Å². The lowest BCUT2D eigenvalue weighted by Gasteiger charge is -2.63. The Bertz CT molecular complexity index is 698. The molecule has 0 aromatic heterocycles. The Labute approximate surface area is 152 Å². The number of fused-ring (bicyclic) bond motifs is 5. The summed E-state index contributed by atoms with van der Waals surface area (Å²) >= 11 is 1.57. The first-order valence-electron chi connectivity index (χ1n) is 9.32. The summed E-state index contributed by atoms with van der Waals surface area (Å²) in [5.41, 5.74) is -0.186. The molecular formula is C20H26O4S. The van der Waals surface area contributed by atoms with E-state index >= 15 is 0 Å². The van der Waals surface area contributed by atoms with Gasteiger partial charge in [-0.3, -0.25) is 14.4 Å². The maximum absolute atomic E-state index is 13.6. The average molecular weight is 362 g/mol. The zero-order valence-corrected chi connectivity index (χ0v) is 15.8. The third-order valence-corrected chi connectivity index (χ3v) is 9.43. The van der Waals surface area contributed by atoms with Crippen molar-refractivity contribution in [3.05, 3.63) is 11.6 Å². The smallest absolute Gasteiger partial charge is 0.155 e. The van der Waals surface area contributed by atoms with E-state index in [1.165, 1.54) is 0 Å². The van der Waals surface area contributed by atoms with Crippen LogP contribution in [0.25, 0.3) is 0 Å². The van der Waals surface area contributed by atoms with Crippen molar-refractivity contribution >= 4 is 29.1 Å². The molecule has 0 heterocycles. The molecule has 4 rings (SSSR count). The molecule has 1 N–H and O–H groups in total. The number of rotatable bonds is 2. The lowest BCUT2D eigenvalue weighted by atomic mass is 9.46. The average Bonchev–Trinajstić information content (AvgIpc) is 2.88. The van der Waals surface area contributed by atoms with Gasteiger partial charge in [-0.25, -0.2) is 0 Å². The minimum atomic E-state index is -0.693. The molecule has 5 heteroatoms. The maximum Gasteiger partial charge on any atom is 0.155 e. The van der Waals surface area contributed by atoms with Crippen molar-refractivity contribution in [2.75, 3.05) is 12.9 Å². The Balaban J connectivity index is 1.91. The Morgan fingerprint density at radius 1 is 1.12 bits per heavy atom. The van der Waals surface area contributed by atoms with Gasteiger partial charge in [0.25, 0.3) is 0 Å². The zero-order valence-electron chi connectivity index (χ0n) is 15.0. The van der Waals surface area contributed by atoms with Gasteiger partial charge in [0.2, 0.25) is 0 Å². The van der Waals surface area contributed by atoms with Crippen molar-refractivity contribution in [3.63, 3.8) is 0 Å². The van der Waals surface area contributed by atoms with E-state index in [9.17, 15) is 19.5 Å². The number of carbonyl (C=O) groups is 3. The highest BCUT2D eigenvalue weighted by molar-refractivity contribution is 8.00. The third kappa shape index (κ3) is 1.92. The van der Waals surface area contributed by atoms with Crippen molar-refractivity contribution < 1.29 is 19.5 Å². The van der Waals surface area contributed by atoms with Crippen LogP contribution in [-0.4, -0.2) is 40.1 Å². The molecule has 0 radical (unpaired) electrons. The number of ketones is 3. The van der Waals surface area contributed by atoms with Crippen LogP contribution in [0.5, 0.6) is 0 Å². The summed E-state index contributed by atoms with van der Waals surface area (Å²) in [6.07, 6.45) is 7.93. The van der Waals surface area contributed by atoms with E-state index in [2.05, 4.69) is 0 Å². The third-order valence-electron chi connectivity index (χ3n) is 7.86. The molecule has 5 unspecified atom stereocenters. The molecule has 0 spiro atoms. The Kier molecular flexibility index (Phi) is 3.86. The van der Waals surface area contributed by atoms with Gasteiger partial charge in [0.05, 0.1) is 11.4 Å². The van der Waals surface area contributed by atoms with Crippen LogP contribution in [0.2, 0.25) is 0 Å². The fraction of sp³-hybridized carbons (Fsp3) is 0.750. The summed E-state index contributed by atoms with van der Waals surface area (Å²) in [6.45, 7) is 1.89. The summed E-state index contributed by atoms with van der Waals surface area (Å²) in [5, 5.41) is 10.5. The molecule has 4 aliphatic carbocycles. The summed E-state index contributed by atoms with van der Waals surface area (Å²) in [6, 6.07) is 0. The van der Waals surface area contributed by atoms with E-state index in [4.69, 9.17) is 0 Å². The second-order valence-electron chi connectivity index (χ2n) is 8.55. The molecule has 0 saturated heterocycles. The number of aliphatic hydroxyl groups excluding tert-OH is 1. The van der Waals surface area contributed by atoms with Crippen molar-refractivity contribution in [2.24, 2.45) is 22.7 Å². The lowest BCUT2D eigenvalue weighted by molar-refractivity contribution is -0.148. The van der Waals surface area contributed by atoms with Gasteiger partial charge in [0.15, 0.2) is 11.6 Å². The highest BCUT2D eigenvalue weighted by atomic mass is 32.2. The first kappa shape index (κ1) is 17.5. The molecule has 0 amide bonds. The number of thioether (sulfide) groups is 1. The van der Waals surface area contributed by atoms with Crippen molar-refractivity contribution in [2.45, 2.75) is 56.6 Å². The van der Waals surface area contributed by atoms with Gasteiger partial charge in [0.1, 0.15) is 5.78 Å². The van der Waals surface area contributed by atoms with Crippen molar-refractivity contribution in [1.29, 1.82) is 0 Å². The van der Waals surface area contributed by atoms with Crippen molar-refractivity contribution in [3.8, 4) is 0 Å². The van der Waals surface area contributed by atoms with E-state index in [0.717, 1.165) is 24.8 Å². The van der Waals surface area contributed by atoms with Gasteiger partial charge in [0, 0.05) is 30.1 Å². The first-order valence-corrected chi connectivity index (χ1v) is 10.5. The number of hydrogen-bond donors (Lipinski definition) is 1. The van der Waals surface area contributed by atoms with E-state index in [1.54, 1.807) is 17.8 Å². The number of aliphatic hydroxyl groups is 1.